The maximum atomic E-state index is 12.6. The lowest BCUT2D eigenvalue weighted by atomic mass is 9.89. The lowest BCUT2D eigenvalue weighted by Crippen LogP contribution is -2.45. The highest BCUT2D eigenvalue weighted by Crippen LogP contribution is 2.34. The van der Waals surface area contributed by atoms with Gasteiger partial charge in [0.05, 0.1) is 0 Å². The largest absolute Gasteiger partial charge is 0.352 e. The summed E-state index contributed by atoms with van der Waals surface area (Å²) in [6.07, 6.45) is 9.10. The van der Waals surface area contributed by atoms with E-state index in [9.17, 15) is 9.59 Å². The fourth-order valence-electron chi connectivity index (χ4n) is 5.47. The fourth-order valence-corrected chi connectivity index (χ4v) is 5.47. The number of hydrogen-bond acceptors (Lipinski definition) is 6. The predicted molar refractivity (Wildman–Crippen MR) is 138 cm³/mol. The van der Waals surface area contributed by atoms with Crippen LogP contribution < -0.4 is 10.6 Å². The average Bonchev–Trinajstić information content (AvgIpc) is 3.23. The number of likely N-dealkylation sites (tertiary alicyclic amines) is 1. The lowest BCUT2D eigenvalue weighted by molar-refractivity contribution is -0.122. The summed E-state index contributed by atoms with van der Waals surface area (Å²) in [6, 6.07) is 8.36. The Kier molecular flexibility index (Phi) is 9.13. The van der Waals surface area contributed by atoms with Gasteiger partial charge in [-0.2, -0.15) is 4.98 Å². The van der Waals surface area contributed by atoms with Crippen LogP contribution in [-0.2, 0) is 34.6 Å². The molecule has 0 unspecified atom stereocenters. The van der Waals surface area contributed by atoms with Gasteiger partial charge in [0, 0.05) is 32.9 Å². The molecule has 0 atom stereocenters. The summed E-state index contributed by atoms with van der Waals surface area (Å²) in [6.45, 7) is 7.57. The van der Waals surface area contributed by atoms with E-state index in [-0.39, 0.29) is 18.2 Å². The van der Waals surface area contributed by atoms with E-state index in [1.807, 2.05) is 6.07 Å². The van der Waals surface area contributed by atoms with Crippen molar-refractivity contribution in [1.29, 1.82) is 0 Å². The van der Waals surface area contributed by atoms with Gasteiger partial charge in [-0.1, -0.05) is 62.0 Å². The molecule has 196 valence electrons. The number of piperidine rings is 1. The first-order valence-electron chi connectivity index (χ1n) is 13.6. The summed E-state index contributed by atoms with van der Waals surface area (Å²) in [5.74, 6) is 1.67. The predicted octanol–water partition coefficient (Wildman–Crippen LogP) is 4.24. The van der Waals surface area contributed by atoms with E-state index in [0.29, 0.717) is 24.7 Å². The molecule has 8 nitrogen and oxygen atoms in total. The summed E-state index contributed by atoms with van der Waals surface area (Å²) < 4.78 is 5.49. The Bertz CT molecular complexity index is 1000. The van der Waals surface area contributed by atoms with E-state index in [0.717, 1.165) is 69.6 Å². The molecule has 0 radical (unpaired) electrons. The molecule has 0 spiro atoms. The van der Waals surface area contributed by atoms with Gasteiger partial charge in [-0.25, -0.2) is 0 Å². The molecule has 4 rings (SSSR count). The molecule has 1 saturated carbocycles. The first-order valence-corrected chi connectivity index (χ1v) is 13.6. The molecular weight excluding hydrogens is 454 g/mol. The number of rotatable bonds is 9. The van der Waals surface area contributed by atoms with Gasteiger partial charge in [-0.15, -0.1) is 0 Å². The molecule has 0 bridgehead atoms. The molecule has 36 heavy (non-hydrogen) atoms. The number of hydrogen-bond donors (Lipinski definition) is 2. The van der Waals surface area contributed by atoms with Crippen molar-refractivity contribution in [1.82, 2.24) is 25.7 Å². The molecule has 2 aliphatic rings. The average molecular weight is 496 g/mol. The second-order valence-electron chi connectivity index (χ2n) is 10.7. The maximum Gasteiger partial charge on any atom is 0.227 e. The van der Waals surface area contributed by atoms with Crippen molar-refractivity contribution in [2.24, 2.45) is 5.92 Å². The molecule has 2 heterocycles. The van der Waals surface area contributed by atoms with Crippen LogP contribution in [0.1, 0.15) is 94.5 Å². The normalized spacial score (nSPS) is 18.9. The van der Waals surface area contributed by atoms with Crippen molar-refractivity contribution in [2.45, 2.75) is 96.7 Å². The van der Waals surface area contributed by atoms with Crippen molar-refractivity contribution in [2.75, 3.05) is 13.1 Å². The van der Waals surface area contributed by atoms with Gasteiger partial charge in [0.25, 0.3) is 0 Å². The summed E-state index contributed by atoms with van der Waals surface area (Å²) in [7, 11) is 0. The van der Waals surface area contributed by atoms with Crippen LogP contribution in [0.25, 0.3) is 0 Å². The minimum atomic E-state index is -0.567. The number of amides is 2. The lowest BCUT2D eigenvalue weighted by Gasteiger charge is -2.30. The van der Waals surface area contributed by atoms with Crippen molar-refractivity contribution in [3.8, 4) is 0 Å². The third kappa shape index (κ3) is 7.15. The Morgan fingerprint density at radius 2 is 1.78 bits per heavy atom. The minimum Gasteiger partial charge on any atom is -0.352 e. The zero-order valence-electron chi connectivity index (χ0n) is 21.9. The number of nitrogens with zero attached hydrogens (tertiary/aromatic N) is 3. The molecule has 2 aromatic rings. The van der Waals surface area contributed by atoms with Gasteiger partial charge >= 0.3 is 0 Å². The second-order valence-corrected chi connectivity index (χ2v) is 10.7. The smallest absolute Gasteiger partial charge is 0.227 e. The van der Waals surface area contributed by atoms with Crippen LogP contribution in [0.15, 0.2) is 28.8 Å². The van der Waals surface area contributed by atoms with E-state index in [4.69, 9.17) is 4.52 Å². The molecule has 1 aromatic heterocycles. The van der Waals surface area contributed by atoms with Crippen LogP contribution in [0.2, 0.25) is 0 Å². The molecular formula is C28H41N5O3. The molecule has 2 fully saturated rings. The Hall–Kier alpha value is -2.74. The van der Waals surface area contributed by atoms with E-state index >= 15 is 0 Å². The Balaban J connectivity index is 1.29. The van der Waals surface area contributed by atoms with Gasteiger partial charge in [0.1, 0.15) is 5.54 Å². The topological polar surface area (TPSA) is 100 Å². The van der Waals surface area contributed by atoms with Crippen molar-refractivity contribution < 1.29 is 14.1 Å². The van der Waals surface area contributed by atoms with E-state index in [2.05, 4.69) is 50.8 Å². The molecule has 1 aromatic carbocycles. The number of benzene rings is 1. The fraction of sp³-hybridized carbons (Fsp3) is 0.643. The molecule has 8 heteroatoms. The molecule has 1 saturated heterocycles. The van der Waals surface area contributed by atoms with E-state index in [1.165, 1.54) is 25.3 Å². The van der Waals surface area contributed by atoms with Crippen LogP contribution in [0.4, 0.5) is 0 Å². The monoisotopic (exact) mass is 495 g/mol. The summed E-state index contributed by atoms with van der Waals surface area (Å²) in [4.78, 5) is 31.6. The first kappa shape index (κ1) is 26.3. The van der Waals surface area contributed by atoms with Crippen LogP contribution in [-0.4, -0.2) is 39.9 Å². The number of nitrogens with one attached hydrogen (secondary N) is 2. The van der Waals surface area contributed by atoms with Gasteiger partial charge in [-0.3, -0.25) is 14.5 Å². The molecule has 1 aliphatic carbocycles. The highest BCUT2D eigenvalue weighted by molar-refractivity contribution is 5.76. The van der Waals surface area contributed by atoms with Crippen LogP contribution >= 0.6 is 0 Å². The Morgan fingerprint density at radius 1 is 1.08 bits per heavy atom. The highest BCUT2D eigenvalue weighted by Gasteiger charge is 2.38. The molecule has 2 N–H and O–H groups in total. The van der Waals surface area contributed by atoms with Crippen molar-refractivity contribution in [3.63, 3.8) is 0 Å². The Labute approximate surface area is 214 Å². The van der Waals surface area contributed by atoms with Crippen LogP contribution in [0.5, 0.6) is 0 Å². The second kappa shape index (κ2) is 12.5. The number of carbonyl (C=O) groups is 2. The van der Waals surface area contributed by atoms with Gasteiger partial charge in [0.15, 0.2) is 5.82 Å². The molecule has 1 aliphatic heterocycles. The van der Waals surface area contributed by atoms with Crippen LogP contribution in [0.3, 0.4) is 0 Å². The van der Waals surface area contributed by atoms with Gasteiger partial charge in [0.2, 0.25) is 17.7 Å². The van der Waals surface area contributed by atoms with Crippen molar-refractivity contribution >= 4 is 11.8 Å². The standard InChI is InChI=1S/C28H41N5O3/c1-21-13-17-33(18-14-21)20-24-10-6-5-9-23(24)19-29-25(35)11-12-26-30-27(32-36-26)28(31-22(2)34)15-7-3-4-8-16-28/h5-6,9-10,21H,3-4,7-8,11-20H2,1-2H3,(H,29,35)(H,31,34). The van der Waals surface area contributed by atoms with Gasteiger partial charge < -0.3 is 15.2 Å². The third-order valence-corrected chi connectivity index (χ3v) is 7.70. The first-order chi connectivity index (χ1) is 17.4. The van der Waals surface area contributed by atoms with E-state index in [1.54, 1.807) is 0 Å². The number of aryl methyl sites for hydroxylation is 1. The quantitative estimate of drug-likeness (QED) is 0.505. The Morgan fingerprint density at radius 3 is 2.47 bits per heavy atom. The summed E-state index contributed by atoms with van der Waals surface area (Å²) >= 11 is 0. The van der Waals surface area contributed by atoms with Crippen LogP contribution in [0, 0.1) is 5.92 Å². The minimum absolute atomic E-state index is 0.0395. The molecule has 2 amide bonds. The maximum absolute atomic E-state index is 12.6. The highest BCUT2D eigenvalue weighted by atomic mass is 16.5. The zero-order valence-corrected chi connectivity index (χ0v) is 21.9. The number of carbonyl (C=O) groups excluding carboxylic acids is 2. The SMILES string of the molecule is CC(=O)NC1(c2noc(CCC(=O)NCc3ccccc3CN3CCC(C)CC3)n2)CCCCCC1. The number of aromatic nitrogens is 2. The zero-order chi connectivity index (χ0) is 25.4. The summed E-state index contributed by atoms with van der Waals surface area (Å²) in [5.41, 5.74) is 1.87. The third-order valence-electron chi connectivity index (χ3n) is 7.70. The summed E-state index contributed by atoms with van der Waals surface area (Å²) in [5, 5.41) is 10.4. The van der Waals surface area contributed by atoms with Gasteiger partial charge in [-0.05, 0) is 55.8 Å². The van der Waals surface area contributed by atoms with E-state index < -0.39 is 5.54 Å². The van der Waals surface area contributed by atoms with Crippen molar-refractivity contribution in [3.05, 3.63) is 47.1 Å².